The van der Waals surface area contributed by atoms with Crippen LogP contribution in [0.2, 0.25) is 5.02 Å². The van der Waals surface area contributed by atoms with Gasteiger partial charge in [0.2, 0.25) is 5.91 Å². The number of halogens is 2. The summed E-state index contributed by atoms with van der Waals surface area (Å²) in [5, 5.41) is 3.84. The molecule has 2 heterocycles. The van der Waals surface area contributed by atoms with E-state index in [1.54, 1.807) is 30.2 Å². The Bertz CT molecular complexity index is 1160. The lowest BCUT2D eigenvalue weighted by Crippen LogP contribution is -2.29. The normalized spacial score (nSPS) is 15.7. The third kappa shape index (κ3) is 4.39. The van der Waals surface area contributed by atoms with Crippen LogP contribution in [0.3, 0.4) is 0 Å². The molecule has 7 nitrogen and oxygen atoms in total. The van der Waals surface area contributed by atoms with Gasteiger partial charge in [0.15, 0.2) is 11.5 Å². The van der Waals surface area contributed by atoms with Crippen molar-refractivity contribution in [3.8, 4) is 11.5 Å². The van der Waals surface area contributed by atoms with E-state index >= 15 is 0 Å². The number of nitrogens with zero attached hydrogens (tertiary/aromatic N) is 3. The lowest BCUT2D eigenvalue weighted by Gasteiger charge is -2.18. The molecular weight excluding hydrogens is 423 g/mol. The lowest BCUT2D eigenvalue weighted by atomic mass is 10.2. The fourth-order valence-electron chi connectivity index (χ4n) is 3.46. The van der Waals surface area contributed by atoms with Crippen LogP contribution >= 0.6 is 11.6 Å². The van der Waals surface area contributed by atoms with E-state index in [1.165, 1.54) is 24.5 Å². The second-order valence-corrected chi connectivity index (χ2v) is 7.42. The summed E-state index contributed by atoms with van der Waals surface area (Å²) in [5.74, 6) is 0.934. The summed E-state index contributed by atoms with van der Waals surface area (Å²) in [6, 6.07) is 7.88. The van der Waals surface area contributed by atoms with Gasteiger partial charge in [0.05, 0.1) is 24.2 Å². The minimum absolute atomic E-state index is 0.00825. The van der Waals surface area contributed by atoms with Gasteiger partial charge in [0, 0.05) is 30.1 Å². The zero-order chi connectivity index (χ0) is 22.0. The number of anilines is 2. The van der Waals surface area contributed by atoms with Crippen LogP contribution in [0.1, 0.15) is 6.42 Å². The van der Waals surface area contributed by atoms with Crippen LogP contribution in [0.25, 0.3) is 10.9 Å². The number of hydrogen-bond donors (Lipinski definition) is 1. The number of amides is 1. The Balaban J connectivity index is 1.64. The number of aromatic nitrogens is 2. The molecule has 160 valence electrons. The van der Waals surface area contributed by atoms with E-state index in [0.717, 1.165) is 0 Å². The van der Waals surface area contributed by atoms with Gasteiger partial charge in [-0.25, -0.2) is 14.4 Å². The van der Waals surface area contributed by atoms with Gasteiger partial charge in [-0.15, -0.1) is 0 Å². The predicted octanol–water partition coefficient (Wildman–Crippen LogP) is 4.34. The van der Waals surface area contributed by atoms with Crippen LogP contribution in [-0.4, -0.2) is 47.1 Å². The molecule has 1 N–H and O–H groups in total. The summed E-state index contributed by atoms with van der Waals surface area (Å²) < 4.78 is 25.1. The van der Waals surface area contributed by atoms with Crippen molar-refractivity contribution < 1.29 is 18.7 Å². The number of likely N-dealkylation sites (tertiary alicyclic amines) is 1. The number of ether oxygens (including phenoxy) is 2. The van der Waals surface area contributed by atoms with Crippen LogP contribution in [0.4, 0.5) is 15.9 Å². The maximum atomic E-state index is 13.5. The van der Waals surface area contributed by atoms with Crippen molar-refractivity contribution >= 4 is 39.9 Å². The molecule has 0 unspecified atom stereocenters. The molecule has 1 fully saturated rings. The molecule has 1 atom stereocenters. The van der Waals surface area contributed by atoms with Crippen molar-refractivity contribution in [3.05, 3.63) is 60.2 Å². The first-order valence-electron chi connectivity index (χ1n) is 9.61. The largest absolute Gasteiger partial charge is 0.493 e. The van der Waals surface area contributed by atoms with Gasteiger partial charge in [-0.2, -0.15) is 0 Å². The van der Waals surface area contributed by atoms with Gasteiger partial charge in [0.1, 0.15) is 24.1 Å². The highest BCUT2D eigenvalue weighted by molar-refractivity contribution is 6.31. The summed E-state index contributed by atoms with van der Waals surface area (Å²) in [6.07, 6.45) is 3.25. The predicted molar refractivity (Wildman–Crippen MR) is 117 cm³/mol. The Morgan fingerprint density at radius 3 is 2.90 bits per heavy atom. The van der Waals surface area contributed by atoms with Crippen LogP contribution in [-0.2, 0) is 4.79 Å². The fourth-order valence-corrected chi connectivity index (χ4v) is 3.64. The molecule has 0 aliphatic carbocycles. The zero-order valence-electron chi connectivity index (χ0n) is 16.8. The minimum Gasteiger partial charge on any atom is -0.493 e. The van der Waals surface area contributed by atoms with E-state index in [2.05, 4.69) is 21.9 Å². The molecule has 0 radical (unpaired) electrons. The molecule has 1 aliphatic rings. The number of methoxy groups -OCH3 is 1. The topological polar surface area (TPSA) is 76.6 Å². The Labute approximate surface area is 183 Å². The highest BCUT2D eigenvalue weighted by Crippen LogP contribution is 2.36. The summed E-state index contributed by atoms with van der Waals surface area (Å²) in [5.41, 5.74) is 1.23. The third-order valence-electron chi connectivity index (χ3n) is 5.03. The smallest absolute Gasteiger partial charge is 0.246 e. The Hall–Kier alpha value is -3.39. The molecule has 1 aliphatic heterocycles. The van der Waals surface area contributed by atoms with Gasteiger partial charge in [0.25, 0.3) is 0 Å². The molecule has 9 heteroatoms. The fraction of sp³-hybridized carbons (Fsp3) is 0.227. The minimum atomic E-state index is -0.499. The average Bonchev–Trinajstić information content (AvgIpc) is 3.24. The zero-order valence-corrected chi connectivity index (χ0v) is 17.5. The molecular formula is C22H20ClFN4O3. The summed E-state index contributed by atoms with van der Waals surface area (Å²) >= 11 is 5.88. The van der Waals surface area contributed by atoms with Crippen molar-refractivity contribution in [2.45, 2.75) is 12.5 Å². The van der Waals surface area contributed by atoms with E-state index in [1.807, 2.05) is 0 Å². The monoisotopic (exact) mass is 442 g/mol. The standard InChI is InChI=1S/C22H20ClFN4O3/c1-3-21(29)28-7-6-14(11-28)31-20-9-15-18(10-19(20)30-2)25-12-26-22(15)27-13-4-5-17(24)16(23)8-13/h3-5,8-10,12,14H,1,6-7,11H2,2H3,(H,25,26,27)/t14-/m1/s1. The summed E-state index contributed by atoms with van der Waals surface area (Å²) in [4.78, 5) is 22.2. The molecule has 0 saturated carbocycles. The van der Waals surface area contributed by atoms with Crippen LogP contribution in [0.15, 0.2) is 49.3 Å². The molecule has 1 saturated heterocycles. The van der Waals surface area contributed by atoms with Crippen molar-refractivity contribution in [2.75, 3.05) is 25.5 Å². The molecule has 1 aromatic heterocycles. The van der Waals surface area contributed by atoms with E-state index in [4.69, 9.17) is 21.1 Å². The first kappa shape index (κ1) is 20.9. The Morgan fingerprint density at radius 1 is 1.32 bits per heavy atom. The molecule has 2 aromatic carbocycles. The number of carbonyl (C=O) groups is 1. The maximum Gasteiger partial charge on any atom is 0.246 e. The van der Waals surface area contributed by atoms with Crippen LogP contribution < -0.4 is 14.8 Å². The SMILES string of the molecule is C=CC(=O)N1CC[C@@H](Oc2cc3c(Nc4ccc(F)c(Cl)c4)ncnc3cc2OC)C1. The van der Waals surface area contributed by atoms with Crippen molar-refractivity contribution in [2.24, 2.45) is 0 Å². The Morgan fingerprint density at radius 2 is 2.16 bits per heavy atom. The number of fused-ring (bicyclic) bond motifs is 1. The Kier molecular flexibility index (Phi) is 5.90. The lowest BCUT2D eigenvalue weighted by molar-refractivity contribution is -0.125. The first-order chi connectivity index (χ1) is 15.0. The number of hydrogen-bond acceptors (Lipinski definition) is 6. The quantitative estimate of drug-likeness (QED) is 0.572. The van der Waals surface area contributed by atoms with E-state index in [0.29, 0.717) is 53.4 Å². The number of rotatable bonds is 6. The van der Waals surface area contributed by atoms with Gasteiger partial charge in [-0.05, 0) is 30.3 Å². The summed E-state index contributed by atoms with van der Waals surface area (Å²) in [7, 11) is 1.55. The number of benzene rings is 2. The van der Waals surface area contributed by atoms with Crippen LogP contribution in [0, 0.1) is 5.82 Å². The van der Waals surface area contributed by atoms with Crippen molar-refractivity contribution in [1.29, 1.82) is 0 Å². The van der Waals surface area contributed by atoms with E-state index in [9.17, 15) is 9.18 Å². The van der Waals surface area contributed by atoms with Gasteiger partial charge >= 0.3 is 0 Å². The van der Waals surface area contributed by atoms with Crippen LogP contribution in [0.5, 0.6) is 11.5 Å². The molecule has 4 rings (SSSR count). The average molecular weight is 443 g/mol. The molecule has 1 amide bonds. The van der Waals surface area contributed by atoms with Crippen molar-refractivity contribution in [3.63, 3.8) is 0 Å². The number of nitrogens with one attached hydrogen (secondary N) is 1. The highest BCUT2D eigenvalue weighted by Gasteiger charge is 2.27. The second kappa shape index (κ2) is 8.77. The van der Waals surface area contributed by atoms with E-state index < -0.39 is 5.82 Å². The van der Waals surface area contributed by atoms with Gasteiger partial charge < -0.3 is 19.7 Å². The second-order valence-electron chi connectivity index (χ2n) is 7.01. The molecule has 31 heavy (non-hydrogen) atoms. The molecule has 0 bridgehead atoms. The third-order valence-corrected chi connectivity index (χ3v) is 5.32. The highest BCUT2D eigenvalue weighted by atomic mass is 35.5. The van der Waals surface area contributed by atoms with Gasteiger partial charge in [-0.1, -0.05) is 18.2 Å². The summed E-state index contributed by atoms with van der Waals surface area (Å²) in [6.45, 7) is 4.60. The number of carbonyl (C=O) groups excluding carboxylic acids is 1. The molecule has 0 spiro atoms. The maximum absolute atomic E-state index is 13.5. The van der Waals surface area contributed by atoms with Crippen molar-refractivity contribution in [1.82, 2.24) is 14.9 Å². The van der Waals surface area contributed by atoms with Gasteiger partial charge in [-0.3, -0.25) is 4.79 Å². The molecule has 3 aromatic rings. The first-order valence-corrected chi connectivity index (χ1v) is 9.99. The van der Waals surface area contributed by atoms with E-state index in [-0.39, 0.29) is 17.0 Å².